The average Bonchev–Trinajstić information content (AvgIpc) is 2.56. The van der Waals surface area contributed by atoms with E-state index in [2.05, 4.69) is 60.7 Å². The lowest BCUT2D eigenvalue weighted by Gasteiger charge is -2.18. The minimum Gasteiger partial charge on any atom is -0.385 e. The zero-order valence-electron chi connectivity index (χ0n) is 12.9. The maximum Gasteiger partial charge on any atom is 0.0462 e. The van der Waals surface area contributed by atoms with E-state index in [0.29, 0.717) is 0 Å². The summed E-state index contributed by atoms with van der Waals surface area (Å²) < 4.78 is 5.11. The second-order valence-electron chi connectivity index (χ2n) is 5.23. The van der Waals surface area contributed by atoms with Crippen LogP contribution in [-0.4, -0.2) is 19.9 Å². The summed E-state index contributed by atoms with van der Waals surface area (Å²) in [6, 6.07) is 22.0. The molecule has 0 radical (unpaired) electrons. The van der Waals surface area contributed by atoms with Crippen molar-refractivity contribution in [2.75, 3.05) is 19.9 Å². The Morgan fingerprint density at radius 3 is 1.76 bits per heavy atom. The zero-order chi connectivity index (χ0) is 14.8. The molecule has 0 bridgehead atoms. The van der Waals surface area contributed by atoms with Gasteiger partial charge in [-0.3, -0.25) is 0 Å². The highest BCUT2D eigenvalue weighted by Crippen LogP contribution is 2.34. The SMILES string of the molecule is COCCCCCCP(c1ccccc1)c1ccccc1. The predicted molar refractivity (Wildman–Crippen MR) is 94.3 cm³/mol. The molecule has 0 aliphatic rings. The number of methoxy groups -OCH3 is 1. The minimum atomic E-state index is -0.207. The third-order valence-corrected chi connectivity index (χ3v) is 6.22. The number of unbranched alkanes of at least 4 members (excludes halogenated alkanes) is 3. The quantitative estimate of drug-likeness (QED) is 0.495. The monoisotopic (exact) mass is 300 g/mol. The maximum absolute atomic E-state index is 5.11. The lowest BCUT2D eigenvalue weighted by molar-refractivity contribution is 0.192. The molecule has 0 saturated carbocycles. The molecule has 0 aliphatic carbocycles. The Labute approximate surface area is 130 Å². The lowest BCUT2D eigenvalue weighted by atomic mass is 10.2. The Hall–Kier alpha value is -1.17. The van der Waals surface area contributed by atoms with Crippen LogP contribution in [0.1, 0.15) is 25.7 Å². The van der Waals surface area contributed by atoms with E-state index in [-0.39, 0.29) is 7.92 Å². The van der Waals surface area contributed by atoms with E-state index in [0.717, 1.165) is 6.61 Å². The molecular formula is C19H25OP. The first kappa shape index (κ1) is 16.2. The van der Waals surface area contributed by atoms with Crippen molar-refractivity contribution in [3.05, 3.63) is 60.7 Å². The van der Waals surface area contributed by atoms with E-state index in [1.807, 2.05) is 0 Å². The summed E-state index contributed by atoms with van der Waals surface area (Å²) in [5.41, 5.74) is 0. The fourth-order valence-corrected chi connectivity index (χ4v) is 4.91. The summed E-state index contributed by atoms with van der Waals surface area (Å²) in [5, 5.41) is 2.99. The van der Waals surface area contributed by atoms with Crippen LogP contribution in [0.5, 0.6) is 0 Å². The molecule has 0 unspecified atom stereocenters. The molecule has 2 aromatic carbocycles. The summed E-state index contributed by atoms with van der Waals surface area (Å²) in [6.07, 6.45) is 6.36. The van der Waals surface area contributed by atoms with Crippen LogP contribution >= 0.6 is 7.92 Å². The summed E-state index contributed by atoms with van der Waals surface area (Å²) in [7, 11) is 1.58. The van der Waals surface area contributed by atoms with Gasteiger partial charge >= 0.3 is 0 Å². The van der Waals surface area contributed by atoms with E-state index < -0.39 is 0 Å². The molecule has 1 nitrogen and oxygen atoms in total. The molecule has 2 heteroatoms. The van der Waals surface area contributed by atoms with Crippen LogP contribution in [0.3, 0.4) is 0 Å². The van der Waals surface area contributed by atoms with Crippen LogP contribution in [0, 0.1) is 0 Å². The van der Waals surface area contributed by atoms with Crippen LogP contribution in [0.25, 0.3) is 0 Å². The van der Waals surface area contributed by atoms with Gasteiger partial charge in [0.15, 0.2) is 0 Å². The van der Waals surface area contributed by atoms with Gasteiger partial charge < -0.3 is 4.74 Å². The van der Waals surface area contributed by atoms with Gasteiger partial charge in [-0.05, 0) is 37.5 Å². The number of benzene rings is 2. The molecule has 0 atom stereocenters. The standard InChI is InChI=1S/C19H25OP/c1-20-16-10-2-3-11-17-21(18-12-6-4-7-13-18)19-14-8-5-9-15-19/h4-9,12-15H,2-3,10-11,16-17H2,1H3. The average molecular weight is 300 g/mol. The summed E-state index contributed by atoms with van der Waals surface area (Å²) >= 11 is 0. The summed E-state index contributed by atoms with van der Waals surface area (Å²) in [4.78, 5) is 0. The molecule has 0 aliphatic heterocycles. The summed E-state index contributed by atoms with van der Waals surface area (Å²) in [5.74, 6) is 0. The second kappa shape index (κ2) is 9.71. The van der Waals surface area contributed by atoms with Crippen molar-refractivity contribution >= 4 is 18.5 Å². The van der Waals surface area contributed by atoms with Crippen LogP contribution in [0.15, 0.2) is 60.7 Å². The Balaban J connectivity index is 1.94. The molecule has 0 heterocycles. The Bertz CT molecular complexity index is 444. The molecule has 0 amide bonds. The van der Waals surface area contributed by atoms with Crippen molar-refractivity contribution in [2.45, 2.75) is 25.7 Å². The molecule has 0 spiro atoms. The predicted octanol–water partition coefficient (Wildman–Crippen LogP) is 4.33. The molecule has 2 rings (SSSR count). The Morgan fingerprint density at radius 2 is 1.24 bits per heavy atom. The van der Waals surface area contributed by atoms with E-state index >= 15 is 0 Å². The summed E-state index contributed by atoms with van der Waals surface area (Å²) in [6.45, 7) is 0.895. The third-order valence-electron chi connectivity index (χ3n) is 3.62. The van der Waals surface area contributed by atoms with Crippen LogP contribution in [0.2, 0.25) is 0 Å². The van der Waals surface area contributed by atoms with Crippen molar-refractivity contribution in [2.24, 2.45) is 0 Å². The van der Waals surface area contributed by atoms with E-state index in [4.69, 9.17) is 4.74 Å². The third kappa shape index (κ3) is 5.61. The topological polar surface area (TPSA) is 9.23 Å². The van der Waals surface area contributed by atoms with Crippen LogP contribution in [0.4, 0.5) is 0 Å². The van der Waals surface area contributed by atoms with Gasteiger partial charge in [0.2, 0.25) is 0 Å². The van der Waals surface area contributed by atoms with Gasteiger partial charge in [-0.2, -0.15) is 0 Å². The second-order valence-corrected chi connectivity index (χ2v) is 7.57. The molecule has 2 aromatic rings. The molecule has 0 saturated heterocycles. The molecule has 0 fully saturated rings. The molecule has 112 valence electrons. The molecule has 0 aromatic heterocycles. The first-order valence-corrected chi connectivity index (χ1v) is 9.31. The minimum absolute atomic E-state index is 0.207. The molecule has 21 heavy (non-hydrogen) atoms. The van der Waals surface area contributed by atoms with Gasteiger partial charge in [-0.15, -0.1) is 0 Å². The van der Waals surface area contributed by atoms with Crippen molar-refractivity contribution in [1.29, 1.82) is 0 Å². The van der Waals surface area contributed by atoms with Gasteiger partial charge in [-0.1, -0.05) is 73.5 Å². The van der Waals surface area contributed by atoms with E-state index in [1.54, 1.807) is 7.11 Å². The number of ether oxygens (including phenoxy) is 1. The highest BCUT2D eigenvalue weighted by molar-refractivity contribution is 7.73. The van der Waals surface area contributed by atoms with Gasteiger partial charge in [0.25, 0.3) is 0 Å². The first-order chi connectivity index (χ1) is 10.4. The number of hydrogen-bond acceptors (Lipinski definition) is 1. The molecule has 0 N–H and O–H groups in total. The largest absolute Gasteiger partial charge is 0.385 e. The molecular weight excluding hydrogens is 275 g/mol. The van der Waals surface area contributed by atoms with Crippen molar-refractivity contribution in [3.8, 4) is 0 Å². The fourth-order valence-electron chi connectivity index (χ4n) is 2.49. The highest BCUT2D eigenvalue weighted by Gasteiger charge is 2.12. The van der Waals surface area contributed by atoms with Crippen molar-refractivity contribution < 1.29 is 4.74 Å². The van der Waals surface area contributed by atoms with Gasteiger partial charge in [0.1, 0.15) is 0 Å². The van der Waals surface area contributed by atoms with E-state index in [9.17, 15) is 0 Å². The van der Waals surface area contributed by atoms with Gasteiger partial charge in [0, 0.05) is 13.7 Å². The van der Waals surface area contributed by atoms with Gasteiger partial charge in [-0.25, -0.2) is 0 Å². The fraction of sp³-hybridized carbons (Fsp3) is 0.368. The number of hydrogen-bond donors (Lipinski definition) is 0. The van der Waals surface area contributed by atoms with Crippen molar-refractivity contribution in [3.63, 3.8) is 0 Å². The van der Waals surface area contributed by atoms with Crippen molar-refractivity contribution in [1.82, 2.24) is 0 Å². The van der Waals surface area contributed by atoms with Crippen LogP contribution < -0.4 is 10.6 Å². The lowest BCUT2D eigenvalue weighted by Crippen LogP contribution is -2.13. The normalized spacial score (nSPS) is 11.0. The number of rotatable bonds is 9. The Kier molecular flexibility index (Phi) is 7.49. The Morgan fingerprint density at radius 1 is 0.714 bits per heavy atom. The first-order valence-electron chi connectivity index (χ1n) is 7.78. The zero-order valence-corrected chi connectivity index (χ0v) is 13.8. The van der Waals surface area contributed by atoms with Gasteiger partial charge in [0.05, 0.1) is 0 Å². The highest BCUT2D eigenvalue weighted by atomic mass is 31.1. The van der Waals surface area contributed by atoms with E-state index in [1.165, 1.54) is 42.5 Å². The smallest absolute Gasteiger partial charge is 0.0462 e. The van der Waals surface area contributed by atoms with Crippen LogP contribution in [-0.2, 0) is 4.74 Å². The maximum atomic E-state index is 5.11.